The molecule has 2 fully saturated rings. The maximum absolute atomic E-state index is 11.9. The van der Waals surface area contributed by atoms with Crippen molar-refractivity contribution >= 4 is 5.91 Å². The molecular weight excluding hydrogens is 257 g/mol. The fraction of sp³-hybridized carbons (Fsp3) is 0.923. The average molecular weight is 278 g/mol. The van der Waals surface area contributed by atoms with E-state index in [4.69, 9.17) is 0 Å². The van der Waals surface area contributed by atoms with Crippen LogP contribution in [0.4, 0.5) is 13.2 Å². The summed E-state index contributed by atoms with van der Waals surface area (Å²) in [6, 6.07) is 0. The molecule has 1 heterocycles. The molecule has 6 heteroatoms. The van der Waals surface area contributed by atoms with Crippen molar-refractivity contribution in [1.29, 1.82) is 0 Å². The smallest absolute Gasteiger partial charge is 0.356 e. The molecule has 1 saturated heterocycles. The molecule has 1 aliphatic carbocycles. The number of halogens is 3. The van der Waals surface area contributed by atoms with Crippen LogP contribution in [0.15, 0.2) is 0 Å². The molecule has 1 unspecified atom stereocenters. The van der Waals surface area contributed by atoms with Gasteiger partial charge in [-0.05, 0) is 50.6 Å². The number of piperidine rings is 1. The molecule has 1 amide bonds. The molecule has 110 valence electrons. The highest BCUT2D eigenvalue weighted by molar-refractivity contribution is 5.82. The number of unbranched alkanes of at least 4 members (excludes halogenated alkanes) is 1. The molecule has 1 aliphatic heterocycles. The van der Waals surface area contributed by atoms with Crippen LogP contribution in [0.5, 0.6) is 0 Å². The van der Waals surface area contributed by atoms with Crippen LogP contribution in [0.25, 0.3) is 0 Å². The van der Waals surface area contributed by atoms with Gasteiger partial charge in [0.1, 0.15) is 0 Å². The van der Waals surface area contributed by atoms with Gasteiger partial charge in [0.15, 0.2) is 0 Å². The Morgan fingerprint density at radius 2 is 1.95 bits per heavy atom. The highest BCUT2D eigenvalue weighted by Gasteiger charge is 2.57. The molecule has 0 aromatic rings. The van der Waals surface area contributed by atoms with Gasteiger partial charge in [0.05, 0.1) is 0 Å². The third-order valence-corrected chi connectivity index (χ3v) is 4.29. The zero-order valence-corrected chi connectivity index (χ0v) is 11.0. The summed E-state index contributed by atoms with van der Waals surface area (Å²) in [5.41, 5.74) is 0.196. The van der Waals surface area contributed by atoms with Gasteiger partial charge in [-0.25, -0.2) is 0 Å². The van der Waals surface area contributed by atoms with Gasteiger partial charge in [-0.3, -0.25) is 4.79 Å². The maximum atomic E-state index is 11.9. The van der Waals surface area contributed by atoms with E-state index in [1.165, 1.54) is 0 Å². The van der Waals surface area contributed by atoms with E-state index in [9.17, 15) is 18.0 Å². The van der Waals surface area contributed by atoms with Gasteiger partial charge in [0.2, 0.25) is 5.91 Å². The lowest BCUT2D eigenvalue weighted by molar-refractivity contribution is -0.135. The molecule has 0 radical (unpaired) electrons. The van der Waals surface area contributed by atoms with Crippen LogP contribution in [0.3, 0.4) is 0 Å². The Bertz CT molecular complexity index is 324. The Morgan fingerprint density at radius 1 is 1.26 bits per heavy atom. The molecule has 1 atom stereocenters. The van der Waals surface area contributed by atoms with Crippen molar-refractivity contribution in [1.82, 2.24) is 10.6 Å². The molecule has 19 heavy (non-hydrogen) atoms. The van der Waals surface area contributed by atoms with Crippen LogP contribution in [0, 0.1) is 11.3 Å². The van der Waals surface area contributed by atoms with Gasteiger partial charge in [0.25, 0.3) is 0 Å². The van der Waals surface area contributed by atoms with E-state index >= 15 is 0 Å². The van der Waals surface area contributed by atoms with Crippen LogP contribution < -0.4 is 10.6 Å². The SMILES string of the molecule is O=C(NCCCCC(F)(F)F)C1CC12CCNCC2. The summed E-state index contributed by atoms with van der Waals surface area (Å²) in [4.78, 5) is 11.9. The lowest BCUT2D eigenvalue weighted by Gasteiger charge is -2.23. The molecule has 1 spiro atoms. The van der Waals surface area contributed by atoms with Crippen molar-refractivity contribution < 1.29 is 18.0 Å². The first kappa shape index (κ1) is 14.6. The Balaban J connectivity index is 1.58. The van der Waals surface area contributed by atoms with Crippen LogP contribution in [-0.4, -0.2) is 31.7 Å². The fourth-order valence-corrected chi connectivity index (χ4v) is 2.98. The number of rotatable bonds is 5. The van der Waals surface area contributed by atoms with E-state index in [2.05, 4.69) is 10.6 Å². The number of nitrogens with one attached hydrogen (secondary N) is 2. The minimum Gasteiger partial charge on any atom is -0.356 e. The van der Waals surface area contributed by atoms with E-state index in [1.807, 2.05) is 0 Å². The molecule has 0 aromatic carbocycles. The molecule has 2 aliphatic rings. The van der Waals surface area contributed by atoms with Gasteiger partial charge in [-0.15, -0.1) is 0 Å². The van der Waals surface area contributed by atoms with Gasteiger partial charge < -0.3 is 10.6 Å². The number of carbonyl (C=O) groups is 1. The Morgan fingerprint density at radius 3 is 2.58 bits per heavy atom. The molecule has 0 bridgehead atoms. The van der Waals surface area contributed by atoms with E-state index in [-0.39, 0.29) is 23.7 Å². The normalized spacial score (nSPS) is 25.3. The zero-order chi connectivity index (χ0) is 13.9. The number of amides is 1. The van der Waals surface area contributed by atoms with Crippen LogP contribution >= 0.6 is 0 Å². The summed E-state index contributed by atoms with van der Waals surface area (Å²) in [6.45, 7) is 2.30. The number of hydrogen-bond donors (Lipinski definition) is 2. The monoisotopic (exact) mass is 278 g/mol. The molecule has 3 nitrogen and oxygen atoms in total. The second-order valence-corrected chi connectivity index (χ2v) is 5.73. The van der Waals surface area contributed by atoms with Crippen molar-refractivity contribution in [3.63, 3.8) is 0 Å². The summed E-state index contributed by atoms with van der Waals surface area (Å²) in [5.74, 6) is 0.131. The van der Waals surface area contributed by atoms with Gasteiger partial charge >= 0.3 is 6.18 Å². The van der Waals surface area contributed by atoms with E-state index in [0.29, 0.717) is 13.0 Å². The van der Waals surface area contributed by atoms with Gasteiger partial charge in [0, 0.05) is 18.9 Å². The second kappa shape index (κ2) is 5.69. The topological polar surface area (TPSA) is 41.1 Å². The quantitative estimate of drug-likeness (QED) is 0.757. The molecule has 1 saturated carbocycles. The van der Waals surface area contributed by atoms with E-state index < -0.39 is 12.6 Å². The minimum absolute atomic E-state index is 0.0360. The Kier molecular flexibility index (Phi) is 4.38. The predicted molar refractivity (Wildman–Crippen MR) is 65.6 cm³/mol. The van der Waals surface area contributed by atoms with Crippen molar-refractivity contribution in [2.75, 3.05) is 19.6 Å². The first-order valence-corrected chi connectivity index (χ1v) is 6.98. The minimum atomic E-state index is -4.08. The first-order chi connectivity index (χ1) is 8.93. The van der Waals surface area contributed by atoms with E-state index in [1.54, 1.807) is 0 Å². The standard InChI is InChI=1S/C13H21F3N2O/c14-13(15,16)3-1-2-6-18-11(19)10-9-12(10)4-7-17-8-5-12/h10,17H,1-9H2,(H,18,19). The summed E-state index contributed by atoms with van der Waals surface area (Å²) in [7, 11) is 0. The second-order valence-electron chi connectivity index (χ2n) is 5.73. The number of hydrogen-bond acceptors (Lipinski definition) is 2. The third kappa shape index (κ3) is 4.09. The first-order valence-electron chi connectivity index (χ1n) is 6.98. The lowest BCUT2D eigenvalue weighted by Crippen LogP contribution is -2.34. The summed E-state index contributed by atoms with van der Waals surface area (Å²) in [6.07, 6.45) is -1.33. The maximum Gasteiger partial charge on any atom is 0.389 e. The van der Waals surface area contributed by atoms with Crippen LogP contribution in [0.1, 0.15) is 38.5 Å². The zero-order valence-electron chi connectivity index (χ0n) is 11.0. The average Bonchev–Trinajstić information content (AvgIpc) is 3.02. The lowest BCUT2D eigenvalue weighted by atomic mass is 9.92. The Hall–Kier alpha value is -0.780. The summed E-state index contributed by atoms with van der Waals surface area (Å²) >= 11 is 0. The van der Waals surface area contributed by atoms with Crippen LogP contribution in [0.2, 0.25) is 0 Å². The van der Waals surface area contributed by atoms with Crippen molar-refractivity contribution in [3.05, 3.63) is 0 Å². The Labute approximate surface area is 111 Å². The van der Waals surface area contributed by atoms with Gasteiger partial charge in [-0.2, -0.15) is 13.2 Å². The third-order valence-electron chi connectivity index (χ3n) is 4.29. The summed E-state index contributed by atoms with van der Waals surface area (Å²) < 4.78 is 35.8. The molecular formula is C13H21F3N2O. The predicted octanol–water partition coefficient (Wildman–Crippen LogP) is 2.22. The molecule has 2 N–H and O–H groups in total. The molecule has 2 rings (SSSR count). The largest absolute Gasteiger partial charge is 0.389 e. The van der Waals surface area contributed by atoms with Crippen LogP contribution in [-0.2, 0) is 4.79 Å². The highest BCUT2D eigenvalue weighted by Crippen LogP contribution is 2.58. The van der Waals surface area contributed by atoms with E-state index in [0.717, 1.165) is 32.4 Å². The fourth-order valence-electron chi connectivity index (χ4n) is 2.98. The highest BCUT2D eigenvalue weighted by atomic mass is 19.4. The number of carbonyl (C=O) groups excluding carboxylic acids is 1. The summed E-state index contributed by atoms with van der Waals surface area (Å²) in [5, 5.41) is 6.05. The van der Waals surface area contributed by atoms with Gasteiger partial charge in [-0.1, -0.05) is 0 Å². The van der Waals surface area contributed by atoms with Crippen molar-refractivity contribution in [2.24, 2.45) is 11.3 Å². The van der Waals surface area contributed by atoms with Crippen molar-refractivity contribution in [3.8, 4) is 0 Å². The number of alkyl halides is 3. The van der Waals surface area contributed by atoms with Crippen molar-refractivity contribution in [2.45, 2.75) is 44.7 Å². The molecule has 0 aromatic heterocycles.